The summed E-state index contributed by atoms with van der Waals surface area (Å²) in [6, 6.07) is 6.42. The molecule has 0 spiro atoms. The van der Waals surface area contributed by atoms with Crippen molar-refractivity contribution in [3.8, 4) is 5.92 Å². The van der Waals surface area contributed by atoms with Crippen molar-refractivity contribution in [2.24, 2.45) is 0 Å². The summed E-state index contributed by atoms with van der Waals surface area (Å²) in [5, 5.41) is 0. The zero-order valence-corrected chi connectivity index (χ0v) is 9.22. The average molecular weight is 185 g/mol. The van der Waals surface area contributed by atoms with Crippen LogP contribution in [0.2, 0.25) is 0 Å². The molecule has 0 N–H and O–H groups in total. The lowest BCUT2D eigenvalue weighted by Crippen LogP contribution is -1.96. The third kappa shape index (κ3) is 2.39. The molecule has 0 aliphatic rings. The smallest absolute Gasteiger partial charge is 0.0462 e. The van der Waals surface area contributed by atoms with Crippen LogP contribution >= 0.6 is 0 Å². The summed E-state index contributed by atoms with van der Waals surface area (Å²) < 4.78 is 0. The monoisotopic (exact) mass is 185 g/mol. The van der Waals surface area contributed by atoms with Crippen LogP contribution in [0.5, 0.6) is 0 Å². The van der Waals surface area contributed by atoms with Crippen LogP contribution in [0.1, 0.15) is 42.4 Å². The Bertz CT molecular complexity index is 342. The number of benzene rings is 1. The zero-order chi connectivity index (χ0) is 10.6. The van der Waals surface area contributed by atoms with E-state index in [-0.39, 0.29) is 5.92 Å². The molecule has 1 atom stereocenters. The molecule has 0 aromatic heterocycles. The fraction of sp³-hybridized carbons (Fsp3) is 0.429. The predicted molar refractivity (Wildman–Crippen MR) is 60.7 cm³/mol. The van der Waals surface area contributed by atoms with Crippen LogP contribution in [0.15, 0.2) is 18.2 Å². The highest BCUT2D eigenvalue weighted by Crippen LogP contribution is 2.22. The van der Waals surface area contributed by atoms with Crippen LogP contribution < -0.4 is 0 Å². The van der Waals surface area contributed by atoms with Gasteiger partial charge in [-0.15, -0.1) is 0 Å². The van der Waals surface area contributed by atoms with Gasteiger partial charge in [0.15, 0.2) is 0 Å². The largest absolute Gasteiger partial charge is 0.0809 e. The first-order valence-corrected chi connectivity index (χ1v) is 5.18. The van der Waals surface area contributed by atoms with Crippen molar-refractivity contribution in [1.82, 2.24) is 0 Å². The van der Waals surface area contributed by atoms with Crippen LogP contribution in [-0.4, -0.2) is 0 Å². The molecule has 0 fully saturated rings. The Hall–Kier alpha value is -1.22. The summed E-state index contributed by atoms with van der Waals surface area (Å²) in [5.74, 6) is 2.80. The lowest BCUT2D eigenvalue weighted by atomic mass is 9.93. The molecule has 1 aromatic rings. The molecule has 1 unspecified atom stereocenters. The minimum absolute atomic E-state index is 0.180. The van der Waals surface area contributed by atoms with Gasteiger partial charge in [0.25, 0.3) is 0 Å². The number of rotatable bonds is 3. The van der Waals surface area contributed by atoms with E-state index >= 15 is 0 Å². The molecule has 0 bridgehead atoms. The van der Waals surface area contributed by atoms with E-state index in [0.29, 0.717) is 0 Å². The normalized spacial score (nSPS) is 12.1. The molecule has 0 heteroatoms. The Morgan fingerprint density at radius 3 is 2.50 bits per heavy atom. The van der Waals surface area contributed by atoms with Crippen molar-refractivity contribution in [3.05, 3.63) is 41.3 Å². The molecule has 73 valence electrons. The number of hydrogen-bond acceptors (Lipinski definition) is 0. The average Bonchev–Trinajstić information content (AvgIpc) is 2.19. The molecule has 1 radical (unpaired) electrons. The highest BCUT2D eigenvalue weighted by atomic mass is 14.1. The first-order valence-electron chi connectivity index (χ1n) is 5.18. The van der Waals surface area contributed by atoms with Crippen LogP contribution in [-0.2, 0) is 0 Å². The highest BCUT2D eigenvalue weighted by Gasteiger charge is 2.07. The molecule has 0 saturated heterocycles. The van der Waals surface area contributed by atoms with E-state index in [2.05, 4.69) is 44.9 Å². The van der Waals surface area contributed by atoms with E-state index in [1.54, 1.807) is 0 Å². The van der Waals surface area contributed by atoms with Crippen molar-refractivity contribution in [2.75, 3.05) is 0 Å². The molecule has 0 aliphatic heterocycles. The second-order valence-electron chi connectivity index (χ2n) is 3.83. The molecular weight excluding hydrogens is 168 g/mol. The number of aryl methyl sites for hydroxylation is 2. The lowest BCUT2D eigenvalue weighted by Gasteiger charge is -2.11. The summed E-state index contributed by atoms with van der Waals surface area (Å²) in [6.07, 6.45) is 9.40. The van der Waals surface area contributed by atoms with Crippen molar-refractivity contribution >= 4 is 0 Å². The highest BCUT2D eigenvalue weighted by molar-refractivity contribution is 5.34. The molecule has 0 heterocycles. The Kier molecular flexibility index (Phi) is 3.77. The van der Waals surface area contributed by atoms with Crippen molar-refractivity contribution in [1.29, 1.82) is 0 Å². The van der Waals surface area contributed by atoms with Gasteiger partial charge >= 0.3 is 0 Å². The van der Waals surface area contributed by atoms with Crippen LogP contribution in [0, 0.1) is 26.2 Å². The maximum Gasteiger partial charge on any atom is 0.0462 e. The van der Waals surface area contributed by atoms with Gasteiger partial charge in [-0.05, 0) is 43.4 Å². The molecule has 0 saturated carbocycles. The first-order chi connectivity index (χ1) is 6.69. The van der Waals surface area contributed by atoms with Gasteiger partial charge in [0.1, 0.15) is 0 Å². The second-order valence-corrected chi connectivity index (χ2v) is 3.83. The zero-order valence-electron chi connectivity index (χ0n) is 9.22. The van der Waals surface area contributed by atoms with Gasteiger partial charge in [-0.3, -0.25) is 0 Å². The van der Waals surface area contributed by atoms with Gasteiger partial charge in [0, 0.05) is 5.92 Å². The Labute approximate surface area is 87.4 Å². The van der Waals surface area contributed by atoms with Gasteiger partial charge in [0.2, 0.25) is 0 Å². The third-order valence-electron chi connectivity index (χ3n) is 2.68. The Balaban J connectivity index is 2.95. The summed E-state index contributed by atoms with van der Waals surface area (Å²) in [5.41, 5.74) is 3.85. The van der Waals surface area contributed by atoms with Crippen molar-refractivity contribution < 1.29 is 0 Å². The molecule has 1 aromatic carbocycles. The predicted octanol–water partition coefficient (Wildman–Crippen LogP) is 3.78. The van der Waals surface area contributed by atoms with Gasteiger partial charge < -0.3 is 0 Å². The lowest BCUT2D eigenvalue weighted by molar-refractivity contribution is 0.733. The maximum atomic E-state index is 7.27. The van der Waals surface area contributed by atoms with Crippen LogP contribution in [0.4, 0.5) is 0 Å². The van der Waals surface area contributed by atoms with Crippen molar-refractivity contribution in [3.63, 3.8) is 0 Å². The van der Waals surface area contributed by atoms with Gasteiger partial charge in [-0.25, -0.2) is 0 Å². The molecule has 0 aliphatic carbocycles. The maximum absolute atomic E-state index is 7.27. The van der Waals surface area contributed by atoms with E-state index in [1.807, 2.05) is 0 Å². The molecule has 14 heavy (non-hydrogen) atoms. The minimum atomic E-state index is 0.180. The number of hydrogen-bond donors (Lipinski definition) is 0. The van der Waals surface area contributed by atoms with Crippen molar-refractivity contribution in [2.45, 2.75) is 39.5 Å². The standard InChI is InChI=1S/C14H17/c1-5-7-13(6-2)14-9-8-11(3)12(4)10-14/h8-10,13H,5,7H2,1,3-4H3. The molecule has 0 amide bonds. The van der Waals surface area contributed by atoms with E-state index in [0.717, 1.165) is 12.8 Å². The van der Waals surface area contributed by atoms with E-state index in [9.17, 15) is 0 Å². The molecular formula is C14H17. The quantitative estimate of drug-likeness (QED) is 0.629. The van der Waals surface area contributed by atoms with E-state index in [1.165, 1.54) is 16.7 Å². The summed E-state index contributed by atoms with van der Waals surface area (Å²) in [4.78, 5) is 0. The van der Waals surface area contributed by atoms with E-state index in [4.69, 9.17) is 6.42 Å². The fourth-order valence-corrected chi connectivity index (χ4v) is 1.59. The first kappa shape index (κ1) is 10.9. The Morgan fingerprint density at radius 1 is 1.29 bits per heavy atom. The Morgan fingerprint density at radius 2 is 2.00 bits per heavy atom. The fourth-order valence-electron chi connectivity index (χ4n) is 1.59. The van der Waals surface area contributed by atoms with Crippen LogP contribution in [0.3, 0.4) is 0 Å². The van der Waals surface area contributed by atoms with Gasteiger partial charge in [-0.1, -0.05) is 37.5 Å². The summed E-state index contributed by atoms with van der Waals surface area (Å²) in [7, 11) is 0. The second kappa shape index (κ2) is 4.86. The molecule has 0 nitrogen and oxygen atoms in total. The molecule has 1 rings (SSSR count). The minimum Gasteiger partial charge on any atom is -0.0809 e. The SMILES string of the molecule is [C]#CC(CCC)c1ccc(C)c(C)c1. The third-order valence-corrected chi connectivity index (χ3v) is 2.68. The van der Waals surface area contributed by atoms with Crippen LogP contribution in [0.25, 0.3) is 0 Å². The topological polar surface area (TPSA) is 0 Å². The van der Waals surface area contributed by atoms with Gasteiger partial charge in [0.05, 0.1) is 0 Å². The van der Waals surface area contributed by atoms with Gasteiger partial charge in [-0.2, -0.15) is 0 Å². The summed E-state index contributed by atoms with van der Waals surface area (Å²) in [6.45, 7) is 6.37. The summed E-state index contributed by atoms with van der Waals surface area (Å²) >= 11 is 0. The van der Waals surface area contributed by atoms with E-state index < -0.39 is 0 Å².